The topological polar surface area (TPSA) is 105 Å². The zero-order valence-corrected chi connectivity index (χ0v) is 17.9. The zero-order chi connectivity index (χ0) is 23.3. The van der Waals surface area contributed by atoms with E-state index in [1.165, 1.54) is 25.4 Å². The summed E-state index contributed by atoms with van der Waals surface area (Å²) in [6, 6.07) is 11.0. The first-order chi connectivity index (χ1) is 15.3. The predicted octanol–water partition coefficient (Wildman–Crippen LogP) is 3.44. The highest BCUT2D eigenvalue weighted by Gasteiger charge is 2.17. The number of rotatable bonds is 9. The zero-order valence-electron chi connectivity index (χ0n) is 17.9. The molecule has 3 rings (SSSR count). The summed E-state index contributed by atoms with van der Waals surface area (Å²) >= 11 is 0. The van der Waals surface area contributed by atoms with E-state index in [1.807, 2.05) is 0 Å². The molecule has 0 unspecified atom stereocenters. The molecule has 9 heteroatoms. The number of anilines is 1. The standard InChI is InChI=1S/C23H24FN3O5/c1-27(2)23-22(18-10-16(31-3)7-8-19(18)24)25-12-15(26-23)13-32-17-6-4-5-14(9-17)20(28)11-21(29)30/h4-10,12,20,28H,11,13H2,1-3H3,(H,29,30)/t20-/m1/s1. The van der Waals surface area contributed by atoms with Crippen LogP contribution in [0, 0.1) is 5.82 Å². The van der Waals surface area contributed by atoms with E-state index in [-0.39, 0.29) is 12.2 Å². The predicted molar refractivity (Wildman–Crippen MR) is 116 cm³/mol. The fraction of sp³-hybridized carbons (Fsp3) is 0.261. The number of benzene rings is 2. The molecule has 3 aromatic rings. The molecule has 0 bridgehead atoms. The van der Waals surface area contributed by atoms with Crippen molar-refractivity contribution in [3.8, 4) is 22.8 Å². The van der Waals surface area contributed by atoms with Gasteiger partial charge in [-0.05, 0) is 35.9 Å². The molecule has 168 valence electrons. The van der Waals surface area contributed by atoms with Crippen molar-refractivity contribution in [1.82, 2.24) is 9.97 Å². The second-order valence-corrected chi connectivity index (χ2v) is 7.25. The average Bonchev–Trinajstić information content (AvgIpc) is 2.77. The number of carboxylic acid groups (broad SMARTS) is 1. The van der Waals surface area contributed by atoms with Gasteiger partial charge in [-0.25, -0.2) is 9.37 Å². The lowest BCUT2D eigenvalue weighted by Crippen LogP contribution is -2.15. The molecule has 0 fully saturated rings. The molecule has 2 N–H and O–H groups in total. The van der Waals surface area contributed by atoms with Gasteiger partial charge in [0.15, 0.2) is 5.82 Å². The van der Waals surface area contributed by atoms with Crippen LogP contribution in [-0.4, -0.2) is 47.4 Å². The normalized spacial score (nSPS) is 11.7. The van der Waals surface area contributed by atoms with Crippen LogP contribution in [-0.2, 0) is 11.4 Å². The average molecular weight is 441 g/mol. The van der Waals surface area contributed by atoms with Gasteiger partial charge in [0.2, 0.25) is 0 Å². The summed E-state index contributed by atoms with van der Waals surface area (Å²) in [6.07, 6.45) is -0.0263. The van der Waals surface area contributed by atoms with Crippen LogP contribution in [0.15, 0.2) is 48.7 Å². The van der Waals surface area contributed by atoms with Gasteiger partial charge in [0.1, 0.15) is 29.6 Å². The van der Waals surface area contributed by atoms with Crippen LogP contribution < -0.4 is 14.4 Å². The van der Waals surface area contributed by atoms with Gasteiger partial charge < -0.3 is 24.6 Å². The second kappa shape index (κ2) is 10.1. The third-order valence-electron chi connectivity index (χ3n) is 4.65. The Kier molecular flexibility index (Phi) is 7.21. The maximum absolute atomic E-state index is 14.5. The Labute approximate surface area is 184 Å². The Morgan fingerprint density at radius 3 is 2.66 bits per heavy atom. The van der Waals surface area contributed by atoms with Crippen molar-refractivity contribution in [2.45, 2.75) is 19.1 Å². The van der Waals surface area contributed by atoms with E-state index in [4.69, 9.17) is 14.6 Å². The first-order valence-corrected chi connectivity index (χ1v) is 9.78. The van der Waals surface area contributed by atoms with Gasteiger partial charge in [0.05, 0.1) is 31.5 Å². The van der Waals surface area contributed by atoms with E-state index in [2.05, 4.69) is 9.97 Å². The molecule has 0 saturated carbocycles. The van der Waals surface area contributed by atoms with Crippen molar-refractivity contribution in [1.29, 1.82) is 0 Å². The third-order valence-corrected chi connectivity index (χ3v) is 4.65. The third kappa shape index (κ3) is 5.50. The van der Waals surface area contributed by atoms with Crippen molar-refractivity contribution >= 4 is 11.8 Å². The minimum Gasteiger partial charge on any atom is -0.497 e. The molecular weight excluding hydrogens is 417 g/mol. The van der Waals surface area contributed by atoms with E-state index in [9.17, 15) is 14.3 Å². The fourth-order valence-electron chi connectivity index (χ4n) is 3.05. The number of halogens is 1. The summed E-state index contributed by atoms with van der Waals surface area (Å²) in [6.45, 7) is 0.0766. The summed E-state index contributed by atoms with van der Waals surface area (Å²) < 4.78 is 25.4. The molecule has 0 aliphatic heterocycles. The molecule has 32 heavy (non-hydrogen) atoms. The molecule has 1 heterocycles. The number of aliphatic carboxylic acids is 1. The molecule has 1 atom stereocenters. The lowest BCUT2D eigenvalue weighted by molar-refractivity contribution is -0.139. The van der Waals surface area contributed by atoms with Gasteiger partial charge in [0, 0.05) is 19.7 Å². The molecule has 0 amide bonds. The number of hydrogen-bond acceptors (Lipinski definition) is 7. The van der Waals surface area contributed by atoms with Crippen molar-refractivity contribution in [3.63, 3.8) is 0 Å². The maximum atomic E-state index is 14.5. The van der Waals surface area contributed by atoms with Crippen LogP contribution >= 0.6 is 0 Å². The number of carbonyl (C=O) groups is 1. The summed E-state index contributed by atoms with van der Waals surface area (Å²) in [5.74, 6) is -0.121. The van der Waals surface area contributed by atoms with E-state index >= 15 is 0 Å². The number of hydrogen-bond donors (Lipinski definition) is 2. The van der Waals surface area contributed by atoms with Crippen LogP contribution in [0.4, 0.5) is 10.2 Å². The number of carboxylic acids is 1. The van der Waals surface area contributed by atoms with Crippen LogP contribution in [0.25, 0.3) is 11.3 Å². The minimum atomic E-state index is -1.13. The number of aromatic nitrogens is 2. The molecule has 8 nitrogen and oxygen atoms in total. The highest BCUT2D eigenvalue weighted by molar-refractivity contribution is 5.73. The largest absolute Gasteiger partial charge is 0.497 e. The Morgan fingerprint density at radius 2 is 1.97 bits per heavy atom. The number of ether oxygens (including phenoxy) is 2. The van der Waals surface area contributed by atoms with E-state index < -0.39 is 24.3 Å². The van der Waals surface area contributed by atoms with Crippen LogP contribution in [0.5, 0.6) is 11.5 Å². The number of aliphatic hydroxyl groups excluding tert-OH is 1. The Balaban J connectivity index is 1.82. The lowest BCUT2D eigenvalue weighted by Gasteiger charge is -2.18. The Morgan fingerprint density at radius 1 is 1.19 bits per heavy atom. The quantitative estimate of drug-likeness (QED) is 0.520. The van der Waals surface area contributed by atoms with Crippen LogP contribution in [0.1, 0.15) is 23.8 Å². The Hall–Kier alpha value is -3.72. The maximum Gasteiger partial charge on any atom is 0.306 e. The lowest BCUT2D eigenvalue weighted by atomic mass is 10.1. The number of aliphatic hydroxyl groups is 1. The van der Waals surface area contributed by atoms with E-state index in [0.717, 1.165) is 0 Å². The van der Waals surface area contributed by atoms with E-state index in [0.29, 0.717) is 34.3 Å². The highest BCUT2D eigenvalue weighted by Crippen LogP contribution is 2.31. The van der Waals surface area contributed by atoms with Gasteiger partial charge in [-0.2, -0.15) is 0 Å². The SMILES string of the molecule is COc1ccc(F)c(-c2ncc(COc3cccc([C@H](O)CC(=O)O)c3)nc2N(C)C)c1. The highest BCUT2D eigenvalue weighted by atomic mass is 19.1. The van der Waals surface area contributed by atoms with Crippen molar-refractivity contribution in [2.24, 2.45) is 0 Å². The molecule has 0 saturated heterocycles. The van der Waals surface area contributed by atoms with E-state index in [1.54, 1.807) is 49.3 Å². The molecule has 0 spiro atoms. The molecular formula is C23H24FN3O5. The summed E-state index contributed by atoms with van der Waals surface area (Å²) in [4.78, 5) is 21.5. The Bertz CT molecular complexity index is 1110. The van der Waals surface area contributed by atoms with Crippen LogP contribution in [0.3, 0.4) is 0 Å². The molecule has 0 radical (unpaired) electrons. The number of methoxy groups -OCH3 is 1. The van der Waals surface area contributed by atoms with Gasteiger partial charge >= 0.3 is 5.97 Å². The molecule has 0 aliphatic rings. The molecule has 0 aliphatic carbocycles. The smallest absolute Gasteiger partial charge is 0.306 e. The van der Waals surface area contributed by atoms with Crippen LogP contribution in [0.2, 0.25) is 0 Å². The first-order valence-electron chi connectivity index (χ1n) is 9.78. The van der Waals surface area contributed by atoms with Crippen molar-refractivity contribution < 1.29 is 28.9 Å². The first kappa shape index (κ1) is 23.0. The van der Waals surface area contributed by atoms with Gasteiger partial charge in [-0.1, -0.05) is 12.1 Å². The second-order valence-electron chi connectivity index (χ2n) is 7.25. The molecule has 2 aromatic carbocycles. The fourth-order valence-corrected chi connectivity index (χ4v) is 3.05. The summed E-state index contributed by atoms with van der Waals surface area (Å²) in [5, 5.41) is 18.8. The number of nitrogens with zero attached hydrogens (tertiary/aromatic N) is 3. The summed E-state index contributed by atoms with van der Waals surface area (Å²) in [5.41, 5.74) is 1.59. The summed E-state index contributed by atoms with van der Waals surface area (Å²) in [7, 11) is 5.07. The minimum absolute atomic E-state index is 0.0766. The van der Waals surface area contributed by atoms with Crippen molar-refractivity contribution in [2.75, 3.05) is 26.1 Å². The van der Waals surface area contributed by atoms with Gasteiger partial charge in [0.25, 0.3) is 0 Å². The van der Waals surface area contributed by atoms with Gasteiger partial charge in [-0.15, -0.1) is 0 Å². The monoisotopic (exact) mass is 441 g/mol. The van der Waals surface area contributed by atoms with Crippen molar-refractivity contribution in [3.05, 3.63) is 65.7 Å². The van der Waals surface area contributed by atoms with Gasteiger partial charge in [-0.3, -0.25) is 9.78 Å². The molecule has 1 aromatic heterocycles.